The van der Waals surface area contributed by atoms with E-state index in [1.807, 2.05) is 18.4 Å². The number of rotatable bonds is 8. The number of benzene rings is 1. The van der Waals surface area contributed by atoms with Crippen LogP contribution in [0.1, 0.15) is 32.7 Å². The molecule has 0 saturated carbocycles. The van der Waals surface area contributed by atoms with Crippen LogP contribution in [0.15, 0.2) is 23.4 Å². The molecular weight excluding hydrogens is 385 g/mol. The van der Waals surface area contributed by atoms with Crippen molar-refractivity contribution < 1.29 is 14.3 Å². The number of esters is 1. The van der Waals surface area contributed by atoms with E-state index < -0.39 is 0 Å². The van der Waals surface area contributed by atoms with Crippen molar-refractivity contribution in [3.63, 3.8) is 0 Å². The van der Waals surface area contributed by atoms with Crippen molar-refractivity contribution >= 4 is 40.9 Å². The normalized spacial score (nSPS) is 12.0. The van der Waals surface area contributed by atoms with Crippen molar-refractivity contribution in [2.45, 2.75) is 38.6 Å². The van der Waals surface area contributed by atoms with Crippen LogP contribution in [0.3, 0.4) is 0 Å². The fourth-order valence-corrected chi connectivity index (χ4v) is 3.41. The topological polar surface area (TPSA) is 66.2 Å². The Hall–Kier alpha value is -1.44. The quantitative estimate of drug-likeness (QED) is 0.480. The Kier molecular flexibility index (Phi) is 7.40. The van der Waals surface area contributed by atoms with Gasteiger partial charge in [0.1, 0.15) is 5.75 Å². The summed E-state index contributed by atoms with van der Waals surface area (Å²) in [5.74, 6) is 1.08. The average Bonchev–Trinajstić information content (AvgIpc) is 2.98. The van der Waals surface area contributed by atoms with Gasteiger partial charge in [-0.25, -0.2) is 0 Å². The molecule has 2 aromatic rings. The maximum absolute atomic E-state index is 11.5. The van der Waals surface area contributed by atoms with E-state index in [9.17, 15) is 4.79 Å². The van der Waals surface area contributed by atoms with Crippen LogP contribution in [0.5, 0.6) is 5.75 Å². The van der Waals surface area contributed by atoms with Crippen molar-refractivity contribution in [1.82, 2.24) is 14.8 Å². The largest absolute Gasteiger partial charge is 0.481 e. The second kappa shape index (κ2) is 9.31. The van der Waals surface area contributed by atoms with E-state index in [1.165, 1.54) is 11.8 Å². The van der Waals surface area contributed by atoms with Gasteiger partial charge in [-0.1, -0.05) is 35.0 Å². The second-order valence-electron chi connectivity index (χ2n) is 5.01. The smallest absolute Gasteiger partial charge is 0.316 e. The third kappa shape index (κ3) is 5.26. The number of carbonyl (C=O) groups excluding carboxylic acids is 1. The monoisotopic (exact) mass is 403 g/mol. The van der Waals surface area contributed by atoms with Crippen LogP contribution in [0.4, 0.5) is 0 Å². The standard InChI is InChI=1S/C16H19Cl2N3O3S/c1-4-21-15(19-20-16(21)25-9-14(22)23-5-2)10(3)24-13-7-6-11(17)8-12(13)18/h6-8,10H,4-5,9H2,1-3H3. The van der Waals surface area contributed by atoms with Gasteiger partial charge in [-0.2, -0.15) is 0 Å². The SMILES string of the molecule is CCOC(=O)CSc1nnc(C(C)Oc2ccc(Cl)cc2Cl)n1CC. The van der Waals surface area contributed by atoms with Crippen LogP contribution < -0.4 is 4.74 Å². The fraction of sp³-hybridized carbons (Fsp3) is 0.438. The molecule has 0 aliphatic heterocycles. The highest BCUT2D eigenvalue weighted by atomic mass is 35.5. The van der Waals surface area contributed by atoms with Gasteiger partial charge in [0.15, 0.2) is 17.1 Å². The van der Waals surface area contributed by atoms with Crippen LogP contribution in [-0.2, 0) is 16.1 Å². The maximum Gasteiger partial charge on any atom is 0.316 e. The molecule has 25 heavy (non-hydrogen) atoms. The molecule has 0 N–H and O–H groups in total. The predicted molar refractivity (Wildman–Crippen MR) is 98.6 cm³/mol. The number of hydrogen-bond acceptors (Lipinski definition) is 6. The minimum atomic E-state index is -0.372. The zero-order valence-corrected chi connectivity index (χ0v) is 16.5. The first-order valence-electron chi connectivity index (χ1n) is 7.79. The lowest BCUT2D eigenvalue weighted by atomic mass is 10.3. The van der Waals surface area contributed by atoms with Crippen LogP contribution in [0.25, 0.3) is 0 Å². The Balaban J connectivity index is 2.11. The van der Waals surface area contributed by atoms with Crippen molar-refractivity contribution in [1.29, 1.82) is 0 Å². The molecule has 0 bridgehead atoms. The molecule has 0 saturated heterocycles. The van der Waals surface area contributed by atoms with Gasteiger partial charge in [0.25, 0.3) is 0 Å². The highest BCUT2D eigenvalue weighted by molar-refractivity contribution is 7.99. The van der Waals surface area contributed by atoms with Gasteiger partial charge in [0.05, 0.1) is 17.4 Å². The summed E-state index contributed by atoms with van der Waals surface area (Å²) in [7, 11) is 0. The first-order valence-corrected chi connectivity index (χ1v) is 9.53. The Labute approximate surface area is 160 Å². The van der Waals surface area contributed by atoms with Gasteiger partial charge in [-0.15, -0.1) is 10.2 Å². The number of halogens is 2. The minimum absolute atomic E-state index is 0.185. The van der Waals surface area contributed by atoms with Gasteiger partial charge < -0.3 is 14.0 Å². The van der Waals surface area contributed by atoms with Crippen molar-refractivity contribution in [2.24, 2.45) is 0 Å². The van der Waals surface area contributed by atoms with Gasteiger partial charge >= 0.3 is 5.97 Å². The lowest BCUT2D eigenvalue weighted by Crippen LogP contribution is -2.13. The summed E-state index contributed by atoms with van der Waals surface area (Å²) in [5, 5.41) is 9.96. The lowest BCUT2D eigenvalue weighted by Gasteiger charge is -2.16. The molecule has 0 amide bonds. The van der Waals surface area contributed by atoms with Crippen LogP contribution in [0.2, 0.25) is 10.0 Å². The summed E-state index contributed by atoms with van der Waals surface area (Å²) in [4.78, 5) is 11.5. The maximum atomic E-state index is 11.5. The molecular formula is C16H19Cl2N3O3S. The number of nitrogens with zero attached hydrogens (tertiary/aromatic N) is 3. The van der Waals surface area contributed by atoms with Crippen LogP contribution in [0, 0.1) is 0 Å². The van der Waals surface area contributed by atoms with Gasteiger partial charge in [0.2, 0.25) is 0 Å². The number of thioether (sulfide) groups is 1. The molecule has 0 fully saturated rings. The van der Waals surface area contributed by atoms with Crippen molar-refractivity contribution in [3.8, 4) is 5.75 Å². The highest BCUT2D eigenvalue weighted by Crippen LogP contribution is 2.31. The average molecular weight is 404 g/mol. The summed E-state index contributed by atoms with van der Waals surface area (Å²) in [5.41, 5.74) is 0. The van der Waals surface area contributed by atoms with Gasteiger partial charge in [0, 0.05) is 11.6 Å². The number of aromatic nitrogens is 3. The first-order chi connectivity index (χ1) is 12.0. The fourth-order valence-electron chi connectivity index (χ4n) is 2.14. The van der Waals surface area contributed by atoms with Crippen molar-refractivity contribution in [3.05, 3.63) is 34.1 Å². The Morgan fingerprint density at radius 1 is 1.32 bits per heavy atom. The van der Waals surface area contributed by atoms with E-state index in [-0.39, 0.29) is 17.8 Å². The third-order valence-corrected chi connectivity index (χ3v) is 4.72. The van der Waals surface area contributed by atoms with Gasteiger partial charge in [-0.3, -0.25) is 4.79 Å². The molecule has 0 radical (unpaired) electrons. The van der Waals surface area contributed by atoms with E-state index in [1.54, 1.807) is 25.1 Å². The summed E-state index contributed by atoms with van der Waals surface area (Å²) in [6, 6.07) is 5.04. The number of carbonyl (C=O) groups is 1. The minimum Gasteiger partial charge on any atom is -0.481 e. The van der Waals surface area contributed by atoms with E-state index in [0.29, 0.717) is 39.9 Å². The molecule has 1 unspecified atom stereocenters. The Morgan fingerprint density at radius 3 is 2.72 bits per heavy atom. The zero-order valence-electron chi connectivity index (χ0n) is 14.2. The van der Waals surface area contributed by atoms with E-state index >= 15 is 0 Å². The van der Waals surface area contributed by atoms with Crippen LogP contribution >= 0.6 is 35.0 Å². The number of hydrogen-bond donors (Lipinski definition) is 0. The highest BCUT2D eigenvalue weighted by Gasteiger charge is 2.20. The molecule has 2 rings (SSSR count). The van der Waals surface area contributed by atoms with Gasteiger partial charge in [-0.05, 0) is 39.0 Å². The zero-order chi connectivity index (χ0) is 18.4. The van der Waals surface area contributed by atoms with E-state index in [2.05, 4.69) is 10.2 Å². The first kappa shape index (κ1) is 19.9. The molecule has 1 aromatic heterocycles. The molecule has 1 heterocycles. The Morgan fingerprint density at radius 2 is 2.08 bits per heavy atom. The molecule has 1 aromatic carbocycles. The molecule has 0 spiro atoms. The summed E-state index contributed by atoms with van der Waals surface area (Å²) >= 11 is 13.3. The molecule has 9 heteroatoms. The lowest BCUT2D eigenvalue weighted by molar-refractivity contribution is -0.139. The Bertz CT molecular complexity index is 739. The third-order valence-electron chi connectivity index (χ3n) is 3.25. The summed E-state index contributed by atoms with van der Waals surface area (Å²) in [6.45, 7) is 6.62. The molecule has 136 valence electrons. The van der Waals surface area contributed by atoms with Crippen molar-refractivity contribution in [2.75, 3.05) is 12.4 Å². The van der Waals surface area contributed by atoms with E-state index in [0.717, 1.165) is 0 Å². The molecule has 0 aliphatic rings. The summed E-state index contributed by atoms with van der Waals surface area (Å²) in [6.07, 6.45) is -0.372. The predicted octanol–water partition coefficient (Wildman–Crippen LogP) is 4.40. The molecule has 1 atom stereocenters. The molecule has 6 nitrogen and oxygen atoms in total. The summed E-state index contributed by atoms with van der Waals surface area (Å²) < 4.78 is 12.7. The van der Waals surface area contributed by atoms with Crippen LogP contribution in [-0.4, -0.2) is 33.1 Å². The second-order valence-corrected chi connectivity index (χ2v) is 6.80. The molecule has 0 aliphatic carbocycles. The van der Waals surface area contributed by atoms with E-state index in [4.69, 9.17) is 32.7 Å². The number of ether oxygens (including phenoxy) is 2.